The lowest BCUT2D eigenvalue weighted by Crippen LogP contribution is -2.38. The Morgan fingerprint density at radius 2 is 2.19 bits per heavy atom. The van der Waals surface area contributed by atoms with Crippen molar-refractivity contribution in [2.75, 3.05) is 12.4 Å². The molecular weight excluding hydrogens is 294 g/mol. The zero-order chi connectivity index (χ0) is 15.0. The molecule has 1 amide bonds. The molecule has 1 aromatic heterocycles. The van der Waals surface area contributed by atoms with Gasteiger partial charge in [-0.15, -0.1) is 0 Å². The molecule has 0 saturated carbocycles. The van der Waals surface area contributed by atoms with E-state index in [0.29, 0.717) is 16.9 Å². The number of carbonyl (C=O) groups excluding carboxylic acids is 1. The average Bonchev–Trinajstić information content (AvgIpc) is 2.50. The Kier molecular flexibility index (Phi) is 3.31. The van der Waals surface area contributed by atoms with E-state index in [9.17, 15) is 9.90 Å². The predicted octanol–water partition coefficient (Wildman–Crippen LogP) is 2.30. The second kappa shape index (κ2) is 5.14. The van der Waals surface area contributed by atoms with Gasteiger partial charge in [0.15, 0.2) is 11.5 Å². The number of hydrogen-bond acceptors (Lipinski definition) is 5. The largest absolute Gasteiger partial charge is 0.503 e. The quantitative estimate of drug-likeness (QED) is 0.793. The van der Waals surface area contributed by atoms with E-state index in [-0.39, 0.29) is 22.4 Å². The summed E-state index contributed by atoms with van der Waals surface area (Å²) < 4.78 is 5.06. The van der Waals surface area contributed by atoms with Crippen molar-refractivity contribution in [2.45, 2.75) is 6.17 Å². The van der Waals surface area contributed by atoms with Crippen LogP contribution in [-0.2, 0) is 0 Å². The molecule has 3 N–H and O–H groups in total. The number of aromatic nitrogens is 1. The normalized spacial score (nSPS) is 16.7. The Hall–Kier alpha value is -2.47. The molecule has 0 aliphatic carbocycles. The molecular formula is C14H12ClN3O3. The molecule has 2 aromatic rings. The third-order valence-corrected chi connectivity index (χ3v) is 3.50. The summed E-state index contributed by atoms with van der Waals surface area (Å²) in [6.45, 7) is 0. The van der Waals surface area contributed by atoms with Crippen molar-refractivity contribution in [3.8, 4) is 11.5 Å². The van der Waals surface area contributed by atoms with Gasteiger partial charge in [-0.2, -0.15) is 0 Å². The molecule has 6 nitrogen and oxygen atoms in total. The first-order valence-electron chi connectivity index (χ1n) is 6.19. The Morgan fingerprint density at radius 3 is 2.95 bits per heavy atom. The highest BCUT2D eigenvalue weighted by atomic mass is 35.5. The highest BCUT2D eigenvalue weighted by molar-refractivity contribution is 6.32. The van der Waals surface area contributed by atoms with Crippen LogP contribution in [0.1, 0.15) is 22.1 Å². The van der Waals surface area contributed by atoms with Crippen molar-refractivity contribution in [2.24, 2.45) is 0 Å². The summed E-state index contributed by atoms with van der Waals surface area (Å²) in [6, 6.07) is 6.55. The van der Waals surface area contributed by atoms with E-state index >= 15 is 0 Å². The smallest absolute Gasteiger partial charge is 0.256 e. The standard InChI is InChI=1S/C14H12ClN3O3/c1-21-10-6-7(5-9(15)11(10)19)12-17-13-8(14(20)18-12)3-2-4-16-13/h2-6,12,19H,1H3,(H,16,17)(H,18,20)/t12-/m0/s1. The van der Waals surface area contributed by atoms with Crippen molar-refractivity contribution >= 4 is 23.3 Å². The number of aromatic hydroxyl groups is 1. The maximum Gasteiger partial charge on any atom is 0.256 e. The monoisotopic (exact) mass is 305 g/mol. The first kappa shape index (κ1) is 13.5. The predicted molar refractivity (Wildman–Crippen MR) is 77.7 cm³/mol. The number of nitrogens with one attached hydrogen (secondary N) is 2. The van der Waals surface area contributed by atoms with Gasteiger partial charge in [0.2, 0.25) is 0 Å². The molecule has 0 spiro atoms. The van der Waals surface area contributed by atoms with E-state index in [1.807, 2.05) is 0 Å². The Balaban J connectivity index is 2.00. The molecule has 2 heterocycles. The maximum atomic E-state index is 12.1. The number of benzene rings is 1. The maximum absolute atomic E-state index is 12.1. The third-order valence-electron chi connectivity index (χ3n) is 3.21. The number of pyridine rings is 1. The van der Waals surface area contributed by atoms with Crippen molar-refractivity contribution in [3.05, 3.63) is 46.6 Å². The molecule has 21 heavy (non-hydrogen) atoms. The van der Waals surface area contributed by atoms with Gasteiger partial charge in [-0.05, 0) is 29.8 Å². The summed E-state index contributed by atoms with van der Waals surface area (Å²) in [5, 5.41) is 15.8. The number of methoxy groups -OCH3 is 1. The highest BCUT2D eigenvalue weighted by Gasteiger charge is 2.26. The molecule has 0 bridgehead atoms. The fourth-order valence-electron chi connectivity index (χ4n) is 2.17. The number of rotatable bonds is 2. The second-order valence-electron chi connectivity index (χ2n) is 4.50. The number of amides is 1. The summed E-state index contributed by atoms with van der Waals surface area (Å²) in [4.78, 5) is 16.2. The summed E-state index contributed by atoms with van der Waals surface area (Å²) in [5.41, 5.74) is 1.13. The number of carbonyl (C=O) groups is 1. The fourth-order valence-corrected chi connectivity index (χ4v) is 2.39. The van der Waals surface area contributed by atoms with Crippen LogP contribution in [0.4, 0.5) is 5.82 Å². The molecule has 0 saturated heterocycles. The van der Waals surface area contributed by atoms with Gasteiger partial charge >= 0.3 is 0 Å². The van der Waals surface area contributed by atoms with Crippen molar-refractivity contribution in [1.82, 2.24) is 10.3 Å². The lowest BCUT2D eigenvalue weighted by molar-refractivity contribution is 0.0935. The van der Waals surface area contributed by atoms with Gasteiger partial charge in [0, 0.05) is 6.20 Å². The van der Waals surface area contributed by atoms with Crippen molar-refractivity contribution < 1.29 is 14.6 Å². The molecule has 7 heteroatoms. The van der Waals surface area contributed by atoms with Crippen LogP contribution in [0.5, 0.6) is 11.5 Å². The molecule has 3 rings (SSSR count). The lowest BCUT2D eigenvalue weighted by atomic mass is 10.1. The van der Waals surface area contributed by atoms with Crippen molar-refractivity contribution in [3.63, 3.8) is 0 Å². The van der Waals surface area contributed by atoms with E-state index in [2.05, 4.69) is 15.6 Å². The van der Waals surface area contributed by atoms with E-state index in [1.54, 1.807) is 30.5 Å². The third kappa shape index (κ3) is 2.34. The van der Waals surface area contributed by atoms with E-state index in [1.165, 1.54) is 7.11 Å². The molecule has 108 valence electrons. The number of phenols is 1. The zero-order valence-electron chi connectivity index (χ0n) is 11.1. The zero-order valence-corrected chi connectivity index (χ0v) is 11.8. The molecule has 0 unspecified atom stereocenters. The number of phenolic OH excluding ortho intramolecular Hbond substituents is 1. The number of ether oxygens (including phenoxy) is 1. The molecule has 1 aromatic carbocycles. The first-order valence-corrected chi connectivity index (χ1v) is 6.56. The van der Waals surface area contributed by atoms with Gasteiger partial charge in [-0.25, -0.2) is 4.98 Å². The van der Waals surface area contributed by atoms with E-state index < -0.39 is 6.17 Å². The van der Waals surface area contributed by atoms with Gasteiger partial charge in [-0.3, -0.25) is 4.79 Å². The number of fused-ring (bicyclic) bond motifs is 1. The van der Waals surface area contributed by atoms with Gasteiger partial charge in [0.1, 0.15) is 12.0 Å². The molecule has 1 atom stereocenters. The van der Waals surface area contributed by atoms with Gasteiger partial charge in [0.25, 0.3) is 5.91 Å². The van der Waals surface area contributed by atoms with Crippen LogP contribution in [0, 0.1) is 0 Å². The minimum atomic E-state index is -0.508. The van der Waals surface area contributed by atoms with E-state index in [0.717, 1.165) is 0 Å². The van der Waals surface area contributed by atoms with Crippen LogP contribution in [0.2, 0.25) is 5.02 Å². The van der Waals surface area contributed by atoms with E-state index in [4.69, 9.17) is 16.3 Å². The van der Waals surface area contributed by atoms with Gasteiger partial charge in [0.05, 0.1) is 17.7 Å². The summed E-state index contributed by atoms with van der Waals surface area (Å²) in [5.74, 6) is 0.364. The molecule has 1 aliphatic heterocycles. The van der Waals surface area contributed by atoms with Crippen LogP contribution in [0.25, 0.3) is 0 Å². The lowest BCUT2D eigenvalue weighted by Gasteiger charge is -2.27. The Labute approximate surface area is 125 Å². The summed E-state index contributed by atoms with van der Waals surface area (Å²) in [7, 11) is 1.43. The van der Waals surface area contributed by atoms with Gasteiger partial charge < -0.3 is 20.5 Å². The number of halogens is 1. The van der Waals surface area contributed by atoms with Crippen LogP contribution in [0.3, 0.4) is 0 Å². The molecule has 0 fully saturated rings. The van der Waals surface area contributed by atoms with Crippen LogP contribution < -0.4 is 15.4 Å². The Bertz CT molecular complexity index is 721. The minimum absolute atomic E-state index is 0.136. The Morgan fingerprint density at radius 1 is 1.38 bits per heavy atom. The molecule has 1 aliphatic rings. The number of anilines is 1. The number of hydrogen-bond donors (Lipinski definition) is 3. The first-order chi connectivity index (χ1) is 10.1. The number of nitrogens with zero attached hydrogens (tertiary/aromatic N) is 1. The van der Waals surface area contributed by atoms with Crippen LogP contribution in [0.15, 0.2) is 30.5 Å². The fraction of sp³-hybridized carbons (Fsp3) is 0.143. The van der Waals surface area contributed by atoms with Crippen LogP contribution >= 0.6 is 11.6 Å². The SMILES string of the molecule is COc1cc([C@@H]2NC(=O)c3cccnc3N2)cc(Cl)c1O. The van der Waals surface area contributed by atoms with Gasteiger partial charge in [-0.1, -0.05) is 11.6 Å². The average molecular weight is 306 g/mol. The van der Waals surface area contributed by atoms with Crippen molar-refractivity contribution in [1.29, 1.82) is 0 Å². The second-order valence-corrected chi connectivity index (χ2v) is 4.91. The highest BCUT2D eigenvalue weighted by Crippen LogP contribution is 2.37. The summed E-state index contributed by atoms with van der Waals surface area (Å²) in [6.07, 6.45) is 1.10. The topological polar surface area (TPSA) is 83.5 Å². The summed E-state index contributed by atoms with van der Waals surface area (Å²) >= 11 is 5.97. The van der Waals surface area contributed by atoms with Crippen LogP contribution in [-0.4, -0.2) is 23.1 Å². The molecule has 0 radical (unpaired) electrons. The minimum Gasteiger partial charge on any atom is -0.503 e.